The van der Waals surface area contributed by atoms with Crippen LogP contribution in [-0.2, 0) is 16.1 Å². The van der Waals surface area contributed by atoms with Gasteiger partial charge in [0.2, 0.25) is 5.91 Å². The Morgan fingerprint density at radius 3 is 2.57 bits per heavy atom. The van der Waals surface area contributed by atoms with Gasteiger partial charge in [0.15, 0.2) is 11.4 Å². The lowest BCUT2D eigenvalue weighted by molar-refractivity contribution is -0.137. The molecule has 0 radical (unpaired) electrons. The molecule has 3 rings (SSSR count). The third-order valence-electron chi connectivity index (χ3n) is 5.74. The van der Waals surface area contributed by atoms with Crippen molar-refractivity contribution in [2.45, 2.75) is 47.1 Å². The van der Waals surface area contributed by atoms with E-state index in [9.17, 15) is 13.6 Å². The number of fused-ring (bicyclic) bond motifs is 1. The summed E-state index contributed by atoms with van der Waals surface area (Å²) < 4.78 is 29.4. The van der Waals surface area contributed by atoms with Crippen LogP contribution in [0.25, 0.3) is 11.0 Å². The second kappa shape index (κ2) is 9.03. The number of rotatable bonds is 7. The van der Waals surface area contributed by atoms with E-state index >= 15 is 0 Å². The van der Waals surface area contributed by atoms with E-state index in [2.05, 4.69) is 27.9 Å². The van der Waals surface area contributed by atoms with E-state index in [-0.39, 0.29) is 11.9 Å². The lowest BCUT2D eigenvalue weighted by atomic mass is 9.87. The topological polar surface area (TPSA) is 93.0 Å². The monoisotopic (exact) mass is 435 g/mol. The summed E-state index contributed by atoms with van der Waals surface area (Å²) in [4.78, 5) is 17.3. The summed E-state index contributed by atoms with van der Waals surface area (Å²) in [5.41, 5.74) is 1.22. The Morgan fingerprint density at radius 2 is 1.97 bits per heavy atom. The lowest BCUT2D eigenvalue weighted by Crippen LogP contribution is -2.49. The molecule has 30 heavy (non-hydrogen) atoms. The molecule has 1 aromatic carbocycles. The molecule has 1 aliphatic rings. The summed E-state index contributed by atoms with van der Waals surface area (Å²) in [6.45, 7) is 13.2. The Kier molecular flexibility index (Phi) is 6.84. The molecule has 0 N–H and O–H groups in total. The Bertz CT molecular complexity index is 919. The van der Waals surface area contributed by atoms with Crippen molar-refractivity contribution in [2.24, 2.45) is 5.41 Å². The molecule has 0 aliphatic carbocycles. The van der Waals surface area contributed by atoms with Crippen molar-refractivity contribution in [1.29, 1.82) is 0 Å². The minimum absolute atomic E-state index is 0.353. The van der Waals surface area contributed by atoms with Crippen LogP contribution in [0, 0.1) is 12.3 Å². The number of aryl methyl sites for hydroxylation is 1. The van der Waals surface area contributed by atoms with Gasteiger partial charge in [-0.1, -0.05) is 30.6 Å². The van der Waals surface area contributed by atoms with Crippen molar-refractivity contribution < 1.29 is 18.1 Å². The third kappa shape index (κ3) is 4.84. The van der Waals surface area contributed by atoms with E-state index in [1.807, 2.05) is 26.0 Å². The van der Waals surface area contributed by atoms with E-state index < -0.39 is 16.7 Å². The quantitative estimate of drug-likeness (QED) is 0.617. The first kappa shape index (κ1) is 22.7. The van der Waals surface area contributed by atoms with E-state index in [4.69, 9.17) is 4.52 Å². The van der Waals surface area contributed by atoms with Gasteiger partial charge in [-0.15, -0.1) is 0 Å². The summed E-state index contributed by atoms with van der Waals surface area (Å²) in [6.07, 6.45) is 0.596. The first-order valence-electron chi connectivity index (χ1n) is 10.4. The van der Waals surface area contributed by atoms with Gasteiger partial charge in [-0.3, -0.25) is 18.2 Å². The molecule has 1 saturated heterocycles. The second-order valence-electron chi connectivity index (χ2n) is 8.91. The number of hydrogen-bond acceptors (Lipinski definition) is 7. The van der Waals surface area contributed by atoms with Gasteiger partial charge in [0.05, 0.1) is 5.39 Å². The minimum atomic E-state index is -2.56. The van der Waals surface area contributed by atoms with E-state index in [0.29, 0.717) is 6.42 Å². The number of carbonyl (C=O) groups excluding carboxylic acids is 1. The van der Waals surface area contributed by atoms with E-state index in [1.54, 1.807) is 13.8 Å². The number of carbonyl (C=O) groups is 1. The molecular formula is C21H31N4O4S-. The zero-order chi connectivity index (χ0) is 22.1. The maximum absolute atomic E-state index is 12.8. The Hall–Kier alpha value is -1.97. The number of anilines is 1. The molecule has 1 unspecified atom stereocenters. The van der Waals surface area contributed by atoms with Crippen molar-refractivity contribution in [2.75, 3.05) is 37.6 Å². The van der Waals surface area contributed by atoms with Gasteiger partial charge in [0.1, 0.15) is 0 Å². The fraction of sp³-hybridized carbons (Fsp3) is 0.619. The number of aromatic nitrogens is 1. The molecule has 1 fully saturated rings. The lowest BCUT2D eigenvalue weighted by Gasteiger charge is -2.38. The first-order valence-corrected chi connectivity index (χ1v) is 11.4. The van der Waals surface area contributed by atoms with E-state index in [1.165, 1.54) is 5.56 Å². The molecular weight excluding hydrogens is 404 g/mol. The summed E-state index contributed by atoms with van der Waals surface area (Å²) in [6, 6.07) is 5.68. The van der Waals surface area contributed by atoms with Crippen LogP contribution >= 0.6 is 0 Å². The minimum Gasteiger partial charge on any atom is -0.755 e. The molecule has 9 heteroatoms. The second-order valence-corrected chi connectivity index (χ2v) is 9.74. The predicted molar refractivity (Wildman–Crippen MR) is 117 cm³/mol. The Balaban J connectivity index is 1.57. The molecule has 0 saturated carbocycles. The van der Waals surface area contributed by atoms with Crippen LogP contribution in [0.1, 0.15) is 39.7 Å². The molecule has 0 spiro atoms. The maximum Gasteiger partial charge on any atom is 0.239 e. The number of hydrogen-bond donors (Lipinski definition) is 0. The van der Waals surface area contributed by atoms with Crippen LogP contribution < -0.4 is 4.90 Å². The number of nitrogens with zero attached hydrogens (tertiary/aromatic N) is 4. The molecule has 1 aliphatic heterocycles. The molecule has 8 nitrogen and oxygen atoms in total. The van der Waals surface area contributed by atoms with Crippen molar-refractivity contribution in [1.82, 2.24) is 14.4 Å². The van der Waals surface area contributed by atoms with Crippen LogP contribution in [0.4, 0.5) is 5.82 Å². The third-order valence-corrected chi connectivity index (χ3v) is 6.65. The average molecular weight is 436 g/mol. The normalized spacial score (nSPS) is 17.0. The zero-order valence-corrected chi connectivity index (χ0v) is 19.2. The predicted octanol–water partition coefficient (Wildman–Crippen LogP) is 2.71. The van der Waals surface area contributed by atoms with Gasteiger partial charge in [-0.05, 0) is 45.9 Å². The summed E-state index contributed by atoms with van der Waals surface area (Å²) >= 11 is -2.56. The van der Waals surface area contributed by atoms with Crippen LogP contribution in [0.15, 0.2) is 22.7 Å². The molecule has 2 aromatic rings. The van der Waals surface area contributed by atoms with Gasteiger partial charge in [0.25, 0.3) is 0 Å². The van der Waals surface area contributed by atoms with Crippen molar-refractivity contribution in [3.05, 3.63) is 23.8 Å². The van der Waals surface area contributed by atoms with Gasteiger partial charge in [0, 0.05) is 48.9 Å². The number of amides is 1. The molecule has 1 aromatic heterocycles. The smallest absolute Gasteiger partial charge is 0.239 e. The molecule has 1 atom stereocenters. The molecule has 2 heterocycles. The highest BCUT2D eigenvalue weighted by Gasteiger charge is 2.34. The van der Waals surface area contributed by atoms with Crippen LogP contribution in [0.5, 0.6) is 0 Å². The number of piperazine rings is 1. The SMILES string of the molecule is Cc1ccc2onc(N3CCN(CCC(C)(C)C(=O)N(C(C)C)S(=O)[O-])CC3)c2c1. The Labute approximate surface area is 180 Å². The molecule has 166 valence electrons. The highest BCUT2D eigenvalue weighted by molar-refractivity contribution is 7.77. The highest BCUT2D eigenvalue weighted by Crippen LogP contribution is 2.29. The summed E-state index contributed by atoms with van der Waals surface area (Å²) in [7, 11) is 0. The van der Waals surface area contributed by atoms with E-state index in [0.717, 1.165) is 53.8 Å². The van der Waals surface area contributed by atoms with Gasteiger partial charge >= 0.3 is 0 Å². The number of benzene rings is 1. The van der Waals surface area contributed by atoms with Crippen molar-refractivity contribution in [3.63, 3.8) is 0 Å². The molecule has 0 bridgehead atoms. The van der Waals surface area contributed by atoms with Crippen molar-refractivity contribution >= 4 is 34.0 Å². The summed E-state index contributed by atoms with van der Waals surface area (Å²) in [5, 5.41) is 5.31. The standard InChI is InChI=1S/C21H32N4O4S/c1-15(2)25(30(27)28)20(26)21(4,5)8-9-23-10-12-24(13-11-23)19-17-14-16(3)6-7-18(17)29-22-19/h6-7,14-15H,8-13H2,1-5H3,(H,27,28)/p-1. The van der Waals surface area contributed by atoms with Gasteiger partial charge < -0.3 is 14.0 Å². The first-order chi connectivity index (χ1) is 14.1. The fourth-order valence-corrected chi connectivity index (χ4v) is 4.50. The summed E-state index contributed by atoms with van der Waals surface area (Å²) in [5.74, 6) is 0.531. The zero-order valence-electron chi connectivity index (χ0n) is 18.4. The van der Waals surface area contributed by atoms with Crippen molar-refractivity contribution in [3.8, 4) is 0 Å². The largest absolute Gasteiger partial charge is 0.755 e. The fourth-order valence-electron chi connectivity index (χ4n) is 3.77. The van der Waals surface area contributed by atoms with Crippen LogP contribution in [0.3, 0.4) is 0 Å². The average Bonchev–Trinajstić information content (AvgIpc) is 3.09. The van der Waals surface area contributed by atoms with Gasteiger partial charge in [-0.25, -0.2) is 0 Å². The Morgan fingerprint density at radius 1 is 1.30 bits per heavy atom. The maximum atomic E-state index is 12.8. The highest BCUT2D eigenvalue weighted by atomic mass is 32.2. The van der Waals surface area contributed by atoms with Crippen LogP contribution in [0.2, 0.25) is 0 Å². The molecule has 1 amide bonds. The van der Waals surface area contributed by atoms with Gasteiger partial charge in [-0.2, -0.15) is 0 Å². The van der Waals surface area contributed by atoms with Crippen LogP contribution in [-0.4, -0.2) is 67.8 Å².